The van der Waals surface area contributed by atoms with E-state index < -0.39 is 5.82 Å². The van der Waals surface area contributed by atoms with Crippen molar-refractivity contribution in [3.8, 4) is 28.3 Å². The number of amides is 1. The molecule has 0 unspecified atom stereocenters. The van der Waals surface area contributed by atoms with E-state index in [0.717, 1.165) is 48.6 Å². The molecule has 8 heteroatoms. The molecule has 0 saturated carbocycles. The minimum Gasteiger partial charge on any atom is -0.494 e. The first-order chi connectivity index (χ1) is 18.1. The highest BCUT2D eigenvalue weighted by Crippen LogP contribution is 2.29. The lowest BCUT2D eigenvalue weighted by atomic mass is 10.1. The average molecular weight is 500 g/mol. The Kier molecular flexibility index (Phi) is 7.44. The van der Waals surface area contributed by atoms with Crippen molar-refractivity contribution in [3.05, 3.63) is 84.8 Å². The number of carbonyl (C=O) groups is 1. The Hall–Kier alpha value is -4.20. The normalized spacial score (nSPS) is 15.8. The topological polar surface area (TPSA) is 63.0 Å². The van der Waals surface area contributed by atoms with Crippen molar-refractivity contribution < 1.29 is 13.9 Å². The number of aromatic nitrogens is 2. The van der Waals surface area contributed by atoms with Gasteiger partial charge in [0.2, 0.25) is 5.91 Å². The van der Waals surface area contributed by atoms with Crippen molar-refractivity contribution in [1.82, 2.24) is 19.6 Å². The Morgan fingerprint density at radius 3 is 2.59 bits per heavy atom. The maximum Gasteiger partial charge on any atom is 0.244 e. The maximum absolute atomic E-state index is 14.0. The van der Waals surface area contributed by atoms with Gasteiger partial charge in [-0.15, -0.1) is 0 Å². The lowest BCUT2D eigenvalue weighted by molar-refractivity contribution is -0.133. The predicted octanol–water partition coefficient (Wildman–Crippen LogP) is 4.77. The van der Waals surface area contributed by atoms with Gasteiger partial charge in [-0.1, -0.05) is 42.5 Å². The average Bonchev–Trinajstić information content (AvgIpc) is 3.33. The monoisotopic (exact) mass is 499 g/mol. The van der Waals surface area contributed by atoms with Gasteiger partial charge >= 0.3 is 0 Å². The third kappa shape index (κ3) is 5.63. The van der Waals surface area contributed by atoms with Crippen LogP contribution in [-0.2, 0) is 11.3 Å². The molecule has 3 aromatic rings. The number of rotatable bonds is 5. The fourth-order valence-corrected chi connectivity index (χ4v) is 4.65. The molecule has 1 aromatic heterocycles. The summed E-state index contributed by atoms with van der Waals surface area (Å²) >= 11 is 0. The van der Waals surface area contributed by atoms with Crippen molar-refractivity contribution >= 4 is 11.7 Å². The Labute approximate surface area is 216 Å². The van der Waals surface area contributed by atoms with Crippen LogP contribution >= 0.6 is 0 Å². The number of hydrogen-bond acceptors (Lipinski definition) is 5. The molecule has 0 N–H and O–H groups in total. The summed E-state index contributed by atoms with van der Waals surface area (Å²) in [5.74, 6) is 0.819. The molecule has 2 aliphatic heterocycles. The van der Waals surface area contributed by atoms with Crippen molar-refractivity contribution in [2.75, 3.05) is 33.3 Å². The van der Waals surface area contributed by atoms with Gasteiger partial charge in [0.15, 0.2) is 11.6 Å². The number of nitrogens with zero attached hydrogens (tertiary/aromatic N) is 5. The summed E-state index contributed by atoms with van der Waals surface area (Å²) in [5.41, 5.74) is 3.16. The van der Waals surface area contributed by atoms with Crippen LogP contribution in [0.1, 0.15) is 12.8 Å². The summed E-state index contributed by atoms with van der Waals surface area (Å²) in [4.78, 5) is 22.1. The van der Waals surface area contributed by atoms with Crippen LogP contribution in [0.3, 0.4) is 0 Å². The van der Waals surface area contributed by atoms with E-state index in [2.05, 4.69) is 16.0 Å². The number of ether oxygens (including phenoxy) is 1. The molecule has 0 bridgehead atoms. The van der Waals surface area contributed by atoms with Crippen LogP contribution in [0, 0.1) is 5.82 Å². The van der Waals surface area contributed by atoms with Crippen LogP contribution in [0.4, 0.5) is 4.39 Å². The van der Waals surface area contributed by atoms with E-state index in [9.17, 15) is 9.18 Å². The minimum atomic E-state index is -0.429. The molecule has 0 radical (unpaired) electrons. The molecular weight excluding hydrogens is 469 g/mol. The molecule has 3 heterocycles. The van der Waals surface area contributed by atoms with E-state index in [1.54, 1.807) is 16.8 Å². The van der Waals surface area contributed by atoms with Crippen molar-refractivity contribution in [2.24, 2.45) is 4.99 Å². The molecule has 1 fully saturated rings. The molecule has 5 rings (SSSR count). The molecule has 0 aliphatic carbocycles. The first-order valence-corrected chi connectivity index (χ1v) is 12.5. The number of benzene rings is 2. The smallest absolute Gasteiger partial charge is 0.244 e. The predicted molar refractivity (Wildman–Crippen MR) is 143 cm³/mol. The van der Waals surface area contributed by atoms with Crippen LogP contribution in [0.15, 0.2) is 84.0 Å². The van der Waals surface area contributed by atoms with E-state index >= 15 is 0 Å². The molecule has 0 spiro atoms. The minimum absolute atomic E-state index is 0.0191. The zero-order valence-corrected chi connectivity index (χ0v) is 20.9. The zero-order chi connectivity index (χ0) is 25.6. The first kappa shape index (κ1) is 24.5. The molecule has 37 heavy (non-hydrogen) atoms. The van der Waals surface area contributed by atoms with E-state index in [1.807, 2.05) is 59.7 Å². The van der Waals surface area contributed by atoms with Gasteiger partial charge in [0, 0.05) is 44.4 Å². The van der Waals surface area contributed by atoms with Crippen LogP contribution < -0.4 is 4.74 Å². The summed E-state index contributed by atoms with van der Waals surface area (Å²) in [6.07, 6.45) is 9.82. The lowest BCUT2D eigenvalue weighted by Gasteiger charge is -2.36. The van der Waals surface area contributed by atoms with E-state index in [1.165, 1.54) is 13.2 Å². The Morgan fingerprint density at radius 2 is 1.81 bits per heavy atom. The van der Waals surface area contributed by atoms with Crippen molar-refractivity contribution in [3.63, 3.8) is 0 Å². The summed E-state index contributed by atoms with van der Waals surface area (Å²) in [7, 11) is 1.44. The number of methoxy groups -OCH3 is 1. The highest BCUT2D eigenvalue weighted by molar-refractivity contribution is 5.84. The zero-order valence-electron chi connectivity index (χ0n) is 20.9. The third-order valence-corrected chi connectivity index (χ3v) is 6.67. The molecular formula is C29H30FN5O2. The second kappa shape index (κ2) is 11.2. The molecule has 1 saturated heterocycles. The van der Waals surface area contributed by atoms with Crippen LogP contribution in [0.2, 0.25) is 0 Å². The number of carbonyl (C=O) groups excluding carboxylic acids is 1. The molecule has 1 amide bonds. The number of piperazine rings is 1. The summed E-state index contributed by atoms with van der Waals surface area (Å²) < 4.78 is 20.9. The number of amidine groups is 1. The van der Waals surface area contributed by atoms with E-state index in [-0.39, 0.29) is 18.2 Å². The SMILES string of the molecule is COc1cc(-c2cc(-c3ccccc3)n(CC(=O)N3CCN(C4=NC=CC=CCC4)CC3)n2)ccc1F. The third-order valence-electron chi connectivity index (χ3n) is 6.67. The van der Waals surface area contributed by atoms with E-state index in [0.29, 0.717) is 18.8 Å². The van der Waals surface area contributed by atoms with Crippen LogP contribution in [0.25, 0.3) is 22.5 Å². The second-order valence-corrected chi connectivity index (χ2v) is 9.01. The second-order valence-electron chi connectivity index (χ2n) is 9.01. The number of halogens is 1. The maximum atomic E-state index is 14.0. The summed E-state index contributed by atoms with van der Waals surface area (Å²) in [5, 5.41) is 4.75. The van der Waals surface area contributed by atoms with Crippen molar-refractivity contribution in [2.45, 2.75) is 19.4 Å². The molecule has 190 valence electrons. The van der Waals surface area contributed by atoms with Gasteiger partial charge in [0.05, 0.1) is 18.5 Å². The molecule has 0 atom stereocenters. The van der Waals surface area contributed by atoms with Gasteiger partial charge in [-0.3, -0.25) is 9.48 Å². The highest BCUT2D eigenvalue weighted by atomic mass is 19.1. The fourth-order valence-electron chi connectivity index (χ4n) is 4.65. The van der Waals surface area contributed by atoms with Gasteiger partial charge in [0.1, 0.15) is 12.4 Å². The largest absolute Gasteiger partial charge is 0.494 e. The molecule has 2 aromatic carbocycles. The number of aliphatic imine (C=N–C) groups is 1. The summed E-state index contributed by atoms with van der Waals surface area (Å²) in [6.45, 7) is 2.92. The standard InChI is InChI=1S/C29H30FN5O2/c1-37-27-19-23(12-13-24(27)30)25-20-26(22-9-5-4-6-10-22)35(32-25)21-29(36)34-17-15-33(16-18-34)28-11-7-2-3-8-14-31-28/h2-6,8-10,12-14,19-20H,7,11,15-18,21H2,1H3. The van der Waals surface area contributed by atoms with Gasteiger partial charge in [-0.2, -0.15) is 5.10 Å². The molecule has 7 nitrogen and oxygen atoms in total. The van der Waals surface area contributed by atoms with Gasteiger partial charge in [0.25, 0.3) is 0 Å². The van der Waals surface area contributed by atoms with Crippen LogP contribution in [0.5, 0.6) is 5.75 Å². The highest BCUT2D eigenvalue weighted by Gasteiger charge is 2.24. The van der Waals surface area contributed by atoms with Gasteiger partial charge in [-0.25, -0.2) is 9.38 Å². The number of hydrogen-bond donors (Lipinski definition) is 0. The Balaban J connectivity index is 1.33. The van der Waals surface area contributed by atoms with E-state index in [4.69, 9.17) is 9.84 Å². The molecule has 2 aliphatic rings. The quantitative estimate of drug-likeness (QED) is 0.507. The number of allylic oxidation sites excluding steroid dienone is 3. The first-order valence-electron chi connectivity index (χ1n) is 12.5. The van der Waals surface area contributed by atoms with Crippen LogP contribution in [-0.4, -0.2) is 64.6 Å². The Morgan fingerprint density at radius 1 is 1.00 bits per heavy atom. The summed E-state index contributed by atoms with van der Waals surface area (Å²) in [6, 6.07) is 16.4. The van der Waals surface area contributed by atoms with Crippen molar-refractivity contribution in [1.29, 1.82) is 0 Å². The Bertz CT molecular complexity index is 1340. The van der Waals surface area contributed by atoms with Gasteiger partial charge in [-0.05, 0) is 42.3 Å². The van der Waals surface area contributed by atoms with Gasteiger partial charge < -0.3 is 14.5 Å². The fraction of sp³-hybridized carbons (Fsp3) is 0.276. The lowest BCUT2D eigenvalue weighted by Crippen LogP contribution is -2.51.